The topological polar surface area (TPSA) is 64.6 Å². The van der Waals surface area contributed by atoms with E-state index in [1.807, 2.05) is 6.92 Å². The molecule has 0 spiro atoms. The van der Waals surface area contributed by atoms with E-state index in [1.54, 1.807) is 0 Å². The quantitative estimate of drug-likeness (QED) is 0.467. The van der Waals surface area contributed by atoms with E-state index in [0.717, 1.165) is 5.33 Å². The molecule has 0 radical (unpaired) electrons. The van der Waals surface area contributed by atoms with Crippen LogP contribution in [0, 0.1) is 0 Å². The Labute approximate surface area is 99.7 Å². The minimum Gasteiger partial charge on any atom is -0.381 e. The van der Waals surface area contributed by atoms with Crippen LogP contribution in [0.5, 0.6) is 0 Å². The summed E-state index contributed by atoms with van der Waals surface area (Å²) in [7, 11) is -3.21. The van der Waals surface area contributed by atoms with Crippen LogP contribution in [-0.2, 0) is 19.5 Å². The molecule has 1 N–H and O–H groups in total. The standard InChI is InChI=1S/C8H18BrNO4S/c1-2-13-7-8-15(11,12)10-4-6-14-5-3-9/h10H,2-8H2,1H3. The second kappa shape index (κ2) is 9.53. The zero-order valence-electron chi connectivity index (χ0n) is 8.87. The maximum atomic E-state index is 11.3. The Balaban J connectivity index is 3.47. The van der Waals surface area contributed by atoms with Crippen molar-refractivity contribution in [2.24, 2.45) is 0 Å². The van der Waals surface area contributed by atoms with E-state index in [0.29, 0.717) is 26.4 Å². The first-order chi connectivity index (χ1) is 7.12. The molecule has 7 heteroatoms. The largest absolute Gasteiger partial charge is 0.381 e. The van der Waals surface area contributed by atoms with Crippen LogP contribution < -0.4 is 4.72 Å². The Morgan fingerprint density at radius 1 is 1.20 bits per heavy atom. The van der Waals surface area contributed by atoms with E-state index < -0.39 is 10.0 Å². The lowest BCUT2D eigenvalue weighted by Crippen LogP contribution is -2.31. The van der Waals surface area contributed by atoms with Crippen molar-refractivity contribution in [3.8, 4) is 0 Å². The summed E-state index contributed by atoms with van der Waals surface area (Å²) in [6, 6.07) is 0. The van der Waals surface area contributed by atoms with Gasteiger partial charge in [-0.3, -0.25) is 0 Å². The molecular formula is C8H18BrNO4S. The maximum absolute atomic E-state index is 11.3. The summed E-state index contributed by atoms with van der Waals surface area (Å²) in [6.45, 7) is 3.87. The smallest absolute Gasteiger partial charge is 0.213 e. The fourth-order valence-corrected chi connectivity index (χ4v) is 1.92. The monoisotopic (exact) mass is 303 g/mol. The number of alkyl halides is 1. The van der Waals surface area contributed by atoms with Gasteiger partial charge in [0.05, 0.1) is 25.6 Å². The molecule has 0 saturated carbocycles. The first-order valence-electron chi connectivity index (χ1n) is 4.81. The molecule has 0 aromatic rings. The summed E-state index contributed by atoms with van der Waals surface area (Å²) in [6.07, 6.45) is 0. The van der Waals surface area contributed by atoms with Gasteiger partial charge >= 0.3 is 0 Å². The van der Waals surface area contributed by atoms with Gasteiger partial charge in [0.15, 0.2) is 0 Å². The van der Waals surface area contributed by atoms with E-state index in [2.05, 4.69) is 20.7 Å². The van der Waals surface area contributed by atoms with E-state index in [1.165, 1.54) is 0 Å². The second-order valence-electron chi connectivity index (χ2n) is 2.71. The molecule has 0 saturated heterocycles. The Kier molecular flexibility index (Phi) is 9.73. The summed E-state index contributed by atoms with van der Waals surface area (Å²) in [5.74, 6) is -0.000710. The Morgan fingerprint density at radius 2 is 1.93 bits per heavy atom. The van der Waals surface area contributed by atoms with Crippen LogP contribution in [0.1, 0.15) is 6.92 Å². The van der Waals surface area contributed by atoms with Crippen molar-refractivity contribution in [2.45, 2.75) is 6.92 Å². The lowest BCUT2D eigenvalue weighted by Gasteiger charge is -2.06. The number of hydrogen-bond acceptors (Lipinski definition) is 4. The first-order valence-corrected chi connectivity index (χ1v) is 7.58. The molecule has 0 amide bonds. The molecule has 5 nitrogen and oxygen atoms in total. The highest BCUT2D eigenvalue weighted by Gasteiger charge is 2.08. The van der Waals surface area contributed by atoms with E-state index in [-0.39, 0.29) is 12.4 Å². The molecule has 0 atom stereocenters. The summed E-state index contributed by atoms with van der Waals surface area (Å²) in [5, 5.41) is 0.754. The second-order valence-corrected chi connectivity index (χ2v) is 5.43. The highest BCUT2D eigenvalue weighted by Crippen LogP contribution is 1.86. The molecule has 0 aliphatic carbocycles. The highest BCUT2D eigenvalue weighted by molar-refractivity contribution is 9.09. The third-order valence-electron chi connectivity index (χ3n) is 1.49. The SMILES string of the molecule is CCOCCS(=O)(=O)NCCOCCBr. The van der Waals surface area contributed by atoms with Crippen LogP contribution in [0.4, 0.5) is 0 Å². The Bertz CT molecular complexity index is 233. The average molecular weight is 304 g/mol. The number of ether oxygens (including phenoxy) is 2. The van der Waals surface area contributed by atoms with Crippen LogP contribution in [-0.4, -0.2) is 52.5 Å². The molecule has 0 heterocycles. The number of sulfonamides is 1. The van der Waals surface area contributed by atoms with Gasteiger partial charge in [0.25, 0.3) is 0 Å². The van der Waals surface area contributed by atoms with Gasteiger partial charge in [-0.25, -0.2) is 13.1 Å². The number of hydrogen-bond donors (Lipinski definition) is 1. The van der Waals surface area contributed by atoms with Gasteiger partial charge in [-0.05, 0) is 6.92 Å². The van der Waals surface area contributed by atoms with Gasteiger partial charge in [0.1, 0.15) is 0 Å². The number of rotatable bonds is 10. The fourth-order valence-electron chi connectivity index (χ4n) is 0.811. The van der Waals surface area contributed by atoms with Crippen LogP contribution in [0.15, 0.2) is 0 Å². The maximum Gasteiger partial charge on any atom is 0.213 e. The van der Waals surface area contributed by atoms with Crippen molar-refractivity contribution in [3.63, 3.8) is 0 Å². The predicted octanol–water partition coefficient (Wildman–Crippen LogP) is 0.354. The van der Waals surface area contributed by atoms with Gasteiger partial charge in [0, 0.05) is 18.5 Å². The molecular weight excluding hydrogens is 286 g/mol. The molecule has 0 aliphatic heterocycles. The fraction of sp³-hybridized carbons (Fsp3) is 1.00. The zero-order chi connectivity index (χ0) is 11.6. The molecule has 0 aromatic heterocycles. The summed E-state index contributed by atoms with van der Waals surface area (Å²) < 4.78 is 35.0. The number of nitrogens with one attached hydrogen (secondary N) is 1. The van der Waals surface area contributed by atoms with Crippen LogP contribution in [0.3, 0.4) is 0 Å². The minimum absolute atomic E-state index is 0.000710. The van der Waals surface area contributed by atoms with E-state index in [9.17, 15) is 8.42 Å². The van der Waals surface area contributed by atoms with Crippen molar-refractivity contribution in [2.75, 3.05) is 44.1 Å². The molecule has 15 heavy (non-hydrogen) atoms. The first kappa shape index (κ1) is 15.3. The van der Waals surface area contributed by atoms with E-state index in [4.69, 9.17) is 9.47 Å². The molecule has 0 unspecified atom stereocenters. The molecule has 0 fully saturated rings. The Hall–Kier alpha value is 0.310. The molecule has 0 aromatic carbocycles. The van der Waals surface area contributed by atoms with Crippen LogP contribution in [0.25, 0.3) is 0 Å². The number of halogens is 1. The summed E-state index contributed by atoms with van der Waals surface area (Å²) >= 11 is 3.20. The highest BCUT2D eigenvalue weighted by atomic mass is 79.9. The minimum atomic E-state index is -3.21. The van der Waals surface area contributed by atoms with Gasteiger partial charge < -0.3 is 9.47 Å². The van der Waals surface area contributed by atoms with E-state index >= 15 is 0 Å². The van der Waals surface area contributed by atoms with Gasteiger partial charge in [-0.15, -0.1) is 0 Å². The molecule has 0 bridgehead atoms. The van der Waals surface area contributed by atoms with Gasteiger partial charge in [-0.1, -0.05) is 15.9 Å². The molecule has 0 rings (SSSR count). The van der Waals surface area contributed by atoms with Crippen molar-refractivity contribution in [3.05, 3.63) is 0 Å². The zero-order valence-corrected chi connectivity index (χ0v) is 11.3. The van der Waals surface area contributed by atoms with Gasteiger partial charge in [-0.2, -0.15) is 0 Å². The lowest BCUT2D eigenvalue weighted by molar-refractivity contribution is 0.155. The third kappa shape index (κ3) is 10.6. The van der Waals surface area contributed by atoms with Gasteiger partial charge in [0.2, 0.25) is 10.0 Å². The summed E-state index contributed by atoms with van der Waals surface area (Å²) in [5.41, 5.74) is 0. The van der Waals surface area contributed by atoms with Crippen molar-refractivity contribution >= 4 is 26.0 Å². The average Bonchev–Trinajstić information content (AvgIpc) is 2.17. The lowest BCUT2D eigenvalue weighted by atomic mass is 10.7. The van der Waals surface area contributed by atoms with Crippen LogP contribution >= 0.6 is 15.9 Å². The molecule has 92 valence electrons. The molecule has 0 aliphatic rings. The van der Waals surface area contributed by atoms with Crippen molar-refractivity contribution in [1.29, 1.82) is 0 Å². The van der Waals surface area contributed by atoms with Crippen molar-refractivity contribution in [1.82, 2.24) is 4.72 Å². The third-order valence-corrected chi connectivity index (χ3v) is 3.16. The summed E-state index contributed by atoms with van der Waals surface area (Å²) in [4.78, 5) is 0. The predicted molar refractivity (Wildman–Crippen MR) is 62.9 cm³/mol. The Morgan fingerprint density at radius 3 is 2.53 bits per heavy atom. The van der Waals surface area contributed by atoms with Crippen LogP contribution in [0.2, 0.25) is 0 Å². The van der Waals surface area contributed by atoms with Crippen molar-refractivity contribution < 1.29 is 17.9 Å². The normalized spacial score (nSPS) is 11.9.